The van der Waals surface area contributed by atoms with Gasteiger partial charge in [-0.25, -0.2) is 4.98 Å². The first-order chi connectivity index (χ1) is 9.35. The molecular formula is C15H15N3O. The van der Waals surface area contributed by atoms with E-state index in [1.807, 2.05) is 49.6 Å². The molecule has 96 valence electrons. The topological polar surface area (TPSA) is 49.9 Å². The van der Waals surface area contributed by atoms with Crippen molar-refractivity contribution < 1.29 is 4.74 Å². The third kappa shape index (κ3) is 2.52. The number of benzene rings is 1. The van der Waals surface area contributed by atoms with Crippen LogP contribution in [0.25, 0.3) is 11.0 Å². The molecule has 0 fully saturated rings. The fourth-order valence-electron chi connectivity index (χ4n) is 2.01. The minimum Gasteiger partial charge on any atom is -0.494 e. The van der Waals surface area contributed by atoms with Crippen LogP contribution in [0, 0.1) is 0 Å². The minimum atomic E-state index is 0.667. The number of aromatic amines is 1. The lowest BCUT2D eigenvalue weighted by atomic mass is 10.2. The van der Waals surface area contributed by atoms with Gasteiger partial charge in [0.15, 0.2) is 0 Å². The molecule has 0 spiro atoms. The van der Waals surface area contributed by atoms with E-state index in [0.29, 0.717) is 6.61 Å². The number of nitrogens with one attached hydrogen (secondary N) is 2. The number of fused-ring (bicyclic) bond motifs is 1. The highest BCUT2D eigenvalue weighted by Crippen LogP contribution is 2.23. The van der Waals surface area contributed by atoms with Gasteiger partial charge in [-0.15, -0.1) is 0 Å². The molecule has 4 heteroatoms. The molecule has 0 saturated heterocycles. The largest absolute Gasteiger partial charge is 0.494 e. The predicted molar refractivity (Wildman–Crippen MR) is 77.0 cm³/mol. The van der Waals surface area contributed by atoms with Gasteiger partial charge in [-0.3, -0.25) is 0 Å². The summed E-state index contributed by atoms with van der Waals surface area (Å²) in [5, 5.41) is 4.42. The van der Waals surface area contributed by atoms with E-state index < -0.39 is 0 Å². The summed E-state index contributed by atoms with van der Waals surface area (Å²) in [6, 6.07) is 12.0. The van der Waals surface area contributed by atoms with Gasteiger partial charge in [0.05, 0.1) is 18.5 Å². The van der Waals surface area contributed by atoms with Gasteiger partial charge in [-0.2, -0.15) is 0 Å². The number of ether oxygens (including phenoxy) is 1. The fraction of sp³-hybridized carbons (Fsp3) is 0.133. The normalized spacial score (nSPS) is 10.6. The number of rotatable bonds is 4. The third-order valence-electron chi connectivity index (χ3n) is 2.83. The summed E-state index contributed by atoms with van der Waals surface area (Å²) in [5.74, 6) is 0.864. The van der Waals surface area contributed by atoms with Crippen LogP contribution < -0.4 is 10.1 Å². The van der Waals surface area contributed by atoms with Gasteiger partial charge in [-0.05, 0) is 31.2 Å². The first kappa shape index (κ1) is 11.6. The van der Waals surface area contributed by atoms with Crippen molar-refractivity contribution in [3.8, 4) is 5.75 Å². The Morgan fingerprint density at radius 3 is 3.05 bits per heavy atom. The maximum absolute atomic E-state index is 5.48. The predicted octanol–water partition coefficient (Wildman–Crippen LogP) is 3.71. The lowest BCUT2D eigenvalue weighted by Gasteiger charge is -2.08. The summed E-state index contributed by atoms with van der Waals surface area (Å²) in [7, 11) is 0. The third-order valence-corrected chi connectivity index (χ3v) is 2.83. The van der Waals surface area contributed by atoms with E-state index in [-0.39, 0.29) is 0 Å². The molecule has 0 radical (unpaired) electrons. The molecule has 0 unspecified atom stereocenters. The Morgan fingerprint density at radius 1 is 1.21 bits per heavy atom. The monoisotopic (exact) mass is 253 g/mol. The highest BCUT2D eigenvalue weighted by molar-refractivity contribution is 5.80. The summed E-state index contributed by atoms with van der Waals surface area (Å²) < 4.78 is 5.48. The van der Waals surface area contributed by atoms with Gasteiger partial charge < -0.3 is 15.0 Å². The number of hydrogen-bond donors (Lipinski definition) is 2. The summed E-state index contributed by atoms with van der Waals surface area (Å²) in [4.78, 5) is 7.42. The van der Waals surface area contributed by atoms with E-state index in [2.05, 4.69) is 21.4 Å². The summed E-state index contributed by atoms with van der Waals surface area (Å²) in [5.41, 5.74) is 2.84. The zero-order valence-corrected chi connectivity index (χ0v) is 10.7. The van der Waals surface area contributed by atoms with Crippen LogP contribution in [0.3, 0.4) is 0 Å². The fourth-order valence-corrected chi connectivity index (χ4v) is 2.01. The van der Waals surface area contributed by atoms with Crippen molar-refractivity contribution in [1.82, 2.24) is 9.97 Å². The van der Waals surface area contributed by atoms with Crippen LogP contribution in [0.4, 0.5) is 11.4 Å². The second-order valence-electron chi connectivity index (χ2n) is 4.23. The summed E-state index contributed by atoms with van der Waals surface area (Å²) in [6.07, 6.45) is 3.70. The molecule has 2 aromatic heterocycles. The van der Waals surface area contributed by atoms with Crippen LogP contribution in [0.5, 0.6) is 5.75 Å². The van der Waals surface area contributed by atoms with Crippen LogP contribution in [-0.4, -0.2) is 16.6 Å². The van der Waals surface area contributed by atoms with Crippen LogP contribution >= 0.6 is 0 Å². The number of anilines is 2. The maximum atomic E-state index is 5.48. The Balaban J connectivity index is 1.85. The number of H-pyrrole nitrogens is 1. The van der Waals surface area contributed by atoms with Crippen LogP contribution in [0.2, 0.25) is 0 Å². The molecule has 0 amide bonds. The van der Waals surface area contributed by atoms with Gasteiger partial charge in [0.1, 0.15) is 11.4 Å². The molecule has 0 saturated carbocycles. The quantitative estimate of drug-likeness (QED) is 0.745. The molecule has 4 nitrogen and oxygen atoms in total. The Morgan fingerprint density at radius 2 is 2.16 bits per heavy atom. The van der Waals surface area contributed by atoms with E-state index >= 15 is 0 Å². The summed E-state index contributed by atoms with van der Waals surface area (Å²) >= 11 is 0. The maximum Gasteiger partial charge on any atom is 0.137 e. The first-order valence-corrected chi connectivity index (χ1v) is 6.28. The van der Waals surface area contributed by atoms with Crippen molar-refractivity contribution in [1.29, 1.82) is 0 Å². The second kappa shape index (κ2) is 5.02. The number of nitrogens with zero attached hydrogens (tertiary/aromatic N) is 1. The molecule has 0 atom stereocenters. The Labute approximate surface area is 111 Å². The Hall–Kier alpha value is -2.49. The summed E-state index contributed by atoms with van der Waals surface area (Å²) in [6.45, 7) is 2.64. The molecule has 3 rings (SSSR count). The SMILES string of the molecule is CCOc1cccc(Nc2cnc3[nH]ccc3c2)c1. The Kier molecular flexibility index (Phi) is 3.06. The van der Waals surface area contributed by atoms with E-state index in [1.165, 1.54) is 0 Å². The number of pyridine rings is 1. The van der Waals surface area contributed by atoms with Crippen molar-refractivity contribution in [3.63, 3.8) is 0 Å². The standard InChI is InChI=1S/C15H15N3O/c1-2-19-14-5-3-4-12(9-14)18-13-8-11-6-7-16-15(11)17-10-13/h3-10,18H,2H2,1H3,(H,16,17). The molecule has 0 aliphatic carbocycles. The molecule has 2 heterocycles. The zero-order valence-electron chi connectivity index (χ0n) is 10.7. The average molecular weight is 253 g/mol. The molecule has 0 aliphatic rings. The molecule has 2 N–H and O–H groups in total. The number of hydrogen-bond acceptors (Lipinski definition) is 3. The van der Waals surface area contributed by atoms with Gasteiger partial charge in [0.25, 0.3) is 0 Å². The van der Waals surface area contributed by atoms with E-state index in [9.17, 15) is 0 Å². The second-order valence-corrected chi connectivity index (χ2v) is 4.23. The molecule has 0 aliphatic heterocycles. The highest BCUT2D eigenvalue weighted by Gasteiger charge is 2.00. The molecule has 19 heavy (non-hydrogen) atoms. The van der Waals surface area contributed by atoms with Gasteiger partial charge in [0, 0.05) is 23.3 Å². The Bertz CT molecular complexity index is 690. The molecule has 1 aromatic carbocycles. The van der Waals surface area contributed by atoms with Crippen molar-refractivity contribution in [3.05, 3.63) is 48.8 Å². The van der Waals surface area contributed by atoms with Crippen molar-refractivity contribution in [2.45, 2.75) is 6.92 Å². The highest BCUT2D eigenvalue weighted by atomic mass is 16.5. The first-order valence-electron chi connectivity index (χ1n) is 6.28. The average Bonchev–Trinajstić information content (AvgIpc) is 2.87. The van der Waals surface area contributed by atoms with Crippen molar-refractivity contribution in [2.75, 3.05) is 11.9 Å². The zero-order chi connectivity index (χ0) is 13.1. The lowest BCUT2D eigenvalue weighted by Crippen LogP contribution is -1.94. The van der Waals surface area contributed by atoms with E-state index in [4.69, 9.17) is 4.74 Å². The van der Waals surface area contributed by atoms with E-state index in [0.717, 1.165) is 28.2 Å². The smallest absolute Gasteiger partial charge is 0.137 e. The van der Waals surface area contributed by atoms with Crippen LogP contribution in [-0.2, 0) is 0 Å². The number of aromatic nitrogens is 2. The van der Waals surface area contributed by atoms with Gasteiger partial charge >= 0.3 is 0 Å². The van der Waals surface area contributed by atoms with Gasteiger partial charge in [0.2, 0.25) is 0 Å². The molecular weight excluding hydrogens is 238 g/mol. The van der Waals surface area contributed by atoms with Crippen molar-refractivity contribution in [2.24, 2.45) is 0 Å². The van der Waals surface area contributed by atoms with Crippen LogP contribution in [0.15, 0.2) is 48.8 Å². The van der Waals surface area contributed by atoms with Gasteiger partial charge in [-0.1, -0.05) is 6.07 Å². The van der Waals surface area contributed by atoms with E-state index in [1.54, 1.807) is 0 Å². The minimum absolute atomic E-state index is 0.667. The lowest BCUT2D eigenvalue weighted by molar-refractivity contribution is 0.340. The van der Waals surface area contributed by atoms with Crippen LogP contribution in [0.1, 0.15) is 6.92 Å². The molecule has 3 aromatic rings. The van der Waals surface area contributed by atoms with Crippen molar-refractivity contribution >= 4 is 22.4 Å². The molecule has 0 bridgehead atoms.